The molecule has 1 heterocycles. The number of carbonyl (C=O) groups is 1. The molecule has 21 heavy (non-hydrogen) atoms. The summed E-state index contributed by atoms with van der Waals surface area (Å²) in [6, 6.07) is 5.48. The van der Waals surface area contributed by atoms with Crippen LogP contribution in [-0.2, 0) is 4.79 Å². The first kappa shape index (κ1) is 14.2. The predicted molar refractivity (Wildman–Crippen MR) is 80.3 cm³/mol. The molecule has 1 aliphatic heterocycles. The van der Waals surface area contributed by atoms with Crippen molar-refractivity contribution in [3.8, 4) is 11.5 Å². The molecule has 0 bridgehead atoms. The number of amides is 1. The summed E-state index contributed by atoms with van der Waals surface area (Å²) in [5.41, 5.74) is 6.48. The van der Waals surface area contributed by atoms with E-state index in [0.29, 0.717) is 24.0 Å². The maximum absolute atomic E-state index is 12.4. The number of rotatable bonds is 3. The first-order chi connectivity index (χ1) is 9.98. The van der Waals surface area contributed by atoms with Gasteiger partial charge in [-0.3, -0.25) is 4.79 Å². The van der Waals surface area contributed by atoms with Crippen LogP contribution in [0.4, 0.5) is 5.69 Å². The molecule has 1 aromatic carbocycles. The Kier molecular flexibility index (Phi) is 3.53. The summed E-state index contributed by atoms with van der Waals surface area (Å²) in [7, 11) is 0. The van der Waals surface area contributed by atoms with Crippen molar-refractivity contribution in [2.45, 2.75) is 38.9 Å². The van der Waals surface area contributed by atoms with E-state index in [-0.39, 0.29) is 11.8 Å². The van der Waals surface area contributed by atoms with Gasteiger partial charge in [-0.2, -0.15) is 0 Å². The summed E-state index contributed by atoms with van der Waals surface area (Å²) in [6.07, 6.45) is 3.05. The zero-order valence-corrected chi connectivity index (χ0v) is 12.5. The summed E-state index contributed by atoms with van der Waals surface area (Å²) in [5.74, 6) is 1.11. The second-order valence-corrected chi connectivity index (χ2v) is 6.29. The molecule has 2 aliphatic rings. The summed E-state index contributed by atoms with van der Waals surface area (Å²) in [4.78, 5) is 12.4. The average Bonchev–Trinajstić information content (AvgIpc) is 3.00. The molecule has 0 radical (unpaired) electrons. The van der Waals surface area contributed by atoms with Crippen molar-refractivity contribution in [3.05, 3.63) is 18.2 Å². The van der Waals surface area contributed by atoms with Gasteiger partial charge in [0.2, 0.25) is 11.7 Å². The maximum atomic E-state index is 12.4. The normalized spacial score (nSPS) is 25.9. The third-order valence-electron chi connectivity index (χ3n) is 4.22. The van der Waals surface area contributed by atoms with E-state index in [1.165, 1.54) is 0 Å². The summed E-state index contributed by atoms with van der Waals surface area (Å²) in [6.45, 7) is 4.29. The fourth-order valence-corrected chi connectivity index (χ4v) is 3.20. The highest BCUT2D eigenvalue weighted by atomic mass is 16.7. The molecule has 2 unspecified atom stereocenters. The topological polar surface area (TPSA) is 73.6 Å². The minimum absolute atomic E-state index is 0.0249. The number of anilines is 1. The van der Waals surface area contributed by atoms with Gasteiger partial charge in [0.05, 0.1) is 0 Å². The van der Waals surface area contributed by atoms with Crippen LogP contribution < -0.4 is 20.5 Å². The molecule has 1 aliphatic carbocycles. The molecule has 2 atom stereocenters. The number of nitrogens with one attached hydrogen (secondary N) is 1. The molecule has 3 N–H and O–H groups in total. The molecule has 5 heteroatoms. The van der Waals surface area contributed by atoms with Gasteiger partial charge in [0.1, 0.15) is 0 Å². The molecule has 3 rings (SSSR count). The standard InChI is InChI=1S/C16H22N2O3/c1-16(2)20-13-7-6-11(8-14(13)21-16)18-15(19)12-5-3-4-10(12)9-17/h6-8,10,12H,3-5,9,17H2,1-2H3,(H,18,19). The minimum Gasteiger partial charge on any atom is -0.449 e. The van der Waals surface area contributed by atoms with Crippen molar-refractivity contribution in [2.75, 3.05) is 11.9 Å². The highest BCUT2D eigenvalue weighted by molar-refractivity contribution is 5.93. The molecule has 0 saturated heterocycles. The number of nitrogens with two attached hydrogens (primary N) is 1. The van der Waals surface area contributed by atoms with Crippen LogP contribution >= 0.6 is 0 Å². The molecule has 114 valence electrons. The quantitative estimate of drug-likeness (QED) is 0.897. The van der Waals surface area contributed by atoms with Gasteiger partial charge < -0.3 is 20.5 Å². The Labute approximate surface area is 124 Å². The van der Waals surface area contributed by atoms with Crippen molar-refractivity contribution in [1.82, 2.24) is 0 Å². The molecule has 0 spiro atoms. The maximum Gasteiger partial charge on any atom is 0.246 e. The van der Waals surface area contributed by atoms with Gasteiger partial charge in [-0.05, 0) is 37.4 Å². The van der Waals surface area contributed by atoms with Gasteiger partial charge in [-0.1, -0.05) is 6.42 Å². The Morgan fingerprint density at radius 3 is 2.86 bits per heavy atom. The lowest BCUT2D eigenvalue weighted by atomic mass is 9.95. The number of benzene rings is 1. The third-order valence-corrected chi connectivity index (χ3v) is 4.22. The second-order valence-electron chi connectivity index (χ2n) is 6.29. The van der Waals surface area contributed by atoms with Crippen LogP contribution in [0.25, 0.3) is 0 Å². The lowest BCUT2D eigenvalue weighted by Gasteiger charge is -2.17. The van der Waals surface area contributed by atoms with Crippen LogP contribution in [0.2, 0.25) is 0 Å². The van der Waals surface area contributed by atoms with Gasteiger partial charge in [0.25, 0.3) is 0 Å². The number of hydrogen-bond acceptors (Lipinski definition) is 4. The number of ether oxygens (including phenoxy) is 2. The van der Waals surface area contributed by atoms with Crippen molar-refractivity contribution in [2.24, 2.45) is 17.6 Å². The van der Waals surface area contributed by atoms with E-state index in [2.05, 4.69) is 5.32 Å². The van der Waals surface area contributed by atoms with E-state index in [9.17, 15) is 4.79 Å². The summed E-state index contributed by atoms with van der Waals surface area (Å²) >= 11 is 0. The zero-order chi connectivity index (χ0) is 15.0. The minimum atomic E-state index is -0.652. The van der Waals surface area contributed by atoms with Crippen molar-refractivity contribution in [3.63, 3.8) is 0 Å². The Balaban J connectivity index is 1.70. The lowest BCUT2D eigenvalue weighted by Crippen LogP contribution is -2.30. The summed E-state index contributed by atoms with van der Waals surface area (Å²) in [5, 5.41) is 2.98. The van der Waals surface area contributed by atoms with Crippen LogP contribution in [0, 0.1) is 11.8 Å². The second kappa shape index (κ2) is 5.22. The molecule has 5 nitrogen and oxygen atoms in total. The van der Waals surface area contributed by atoms with E-state index in [1.54, 1.807) is 0 Å². The fraction of sp³-hybridized carbons (Fsp3) is 0.562. The summed E-state index contributed by atoms with van der Waals surface area (Å²) < 4.78 is 11.3. The lowest BCUT2D eigenvalue weighted by molar-refractivity contribution is -0.120. The Bertz CT molecular complexity index is 556. The molecular weight excluding hydrogens is 268 g/mol. The van der Waals surface area contributed by atoms with Gasteiger partial charge in [-0.15, -0.1) is 0 Å². The number of fused-ring (bicyclic) bond motifs is 1. The van der Waals surface area contributed by atoms with Crippen LogP contribution in [-0.4, -0.2) is 18.2 Å². The van der Waals surface area contributed by atoms with Gasteiger partial charge in [0.15, 0.2) is 11.5 Å². The van der Waals surface area contributed by atoms with E-state index in [0.717, 1.165) is 24.9 Å². The fourth-order valence-electron chi connectivity index (χ4n) is 3.20. The average molecular weight is 290 g/mol. The predicted octanol–water partition coefficient (Wildman–Crippen LogP) is 2.51. The smallest absolute Gasteiger partial charge is 0.246 e. The monoisotopic (exact) mass is 290 g/mol. The van der Waals surface area contributed by atoms with E-state index < -0.39 is 5.79 Å². The number of carbonyl (C=O) groups excluding carboxylic acids is 1. The molecule has 1 fully saturated rings. The number of hydrogen-bond donors (Lipinski definition) is 2. The van der Waals surface area contributed by atoms with Crippen LogP contribution in [0.3, 0.4) is 0 Å². The Morgan fingerprint density at radius 2 is 2.10 bits per heavy atom. The Hall–Kier alpha value is -1.75. The van der Waals surface area contributed by atoms with Gasteiger partial charge in [-0.25, -0.2) is 0 Å². The SMILES string of the molecule is CC1(C)Oc2ccc(NC(=O)C3CCCC3CN)cc2O1. The van der Waals surface area contributed by atoms with Gasteiger partial charge >= 0.3 is 0 Å². The molecule has 1 saturated carbocycles. The van der Waals surface area contributed by atoms with Crippen LogP contribution in [0.15, 0.2) is 18.2 Å². The van der Waals surface area contributed by atoms with E-state index in [1.807, 2.05) is 32.0 Å². The van der Waals surface area contributed by atoms with E-state index >= 15 is 0 Å². The Morgan fingerprint density at radius 1 is 1.33 bits per heavy atom. The molecule has 1 aromatic rings. The van der Waals surface area contributed by atoms with Crippen molar-refractivity contribution < 1.29 is 14.3 Å². The third kappa shape index (κ3) is 2.83. The van der Waals surface area contributed by atoms with Crippen molar-refractivity contribution >= 4 is 11.6 Å². The first-order valence-corrected chi connectivity index (χ1v) is 7.51. The van der Waals surface area contributed by atoms with Crippen LogP contribution in [0.5, 0.6) is 11.5 Å². The highest BCUT2D eigenvalue weighted by Crippen LogP contribution is 2.41. The van der Waals surface area contributed by atoms with Gasteiger partial charge in [0, 0.05) is 31.5 Å². The van der Waals surface area contributed by atoms with Crippen molar-refractivity contribution in [1.29, 1.82) is 0 Å². The molecule has 1 amide bonds. The highest BCUT2D eigenvalue weighted by Gasteiger charge is 2.33. The molecular formula is C16H22N2O3. The largest absolute Gasteiger partial charge is 0.449 e. The first-order valence-electron chi connectivity index (χ1n) is 7.51. The molecule has 0 aromatic heterocycles. The van der Waals surface area contributed by atoms with E-state index in [4.69, 9.17) is 15.2 Å². The van der Waals surface area contributed by atoms with Crippen LogP contribution in [0.1, 0.15) is 33.1 Å². The zero-order valence-electron chi connectivity index (χ0n) is 12.5.